The molecule has 0 aliphatic rings. The van der Waals surface area contributed by atoms with Gasteiger partial charge in [-0.2, -0.15) is 0 Å². The minimum absolute atomic E-state index is 0.260. The van der Waals surface area contributed by atoms with Crippen molar-refractivity contribution in [2.75, 3.05) is 27.2 Å². The molecule has 0 bridgehead atoms. The Morgan fingerprint density at radius 1 is 0.562 bits per heavy atom. The highest BCUT2D eigenvalue weighted by atomic mass is 16.5. The molecule has 0 spiro atoms. The average Bonchev–Trinajstić information content (AvgIpc) is 3.12. The van der Waals surface area contributed by atoms with E-state index in [1.165, 1.54) is 27.8 Å². The van der Waals surface area contributed by atoms with Crippen molar-refractivity contribution in [1.29, 1.82) is 0 Å². The first kappa shape index (κ1) is 35.5. The summed E-state index contributed by atoms with van der Waals surface area (Å²) >= 11 is 0. The quantitative estimate of drug-likeness (QED) is 0.112. The van der Waals surface area contributed by atoms with E-state index in [1.807, 2.05) is 38.1 Å². The summed E-state index contributed by atoms with van der Waals surface area (Å²) in [5.41, 5.74) is 10.7. The fourth-order valence-electron chi connectivity index (χ4n) is 5.59. The van der Waals surface area contributed by atoms with Crippen LogP contribution in [0.3, 0.4) is 0 Å². The van der Waals surface area contributed by atoms with E-state index in [2.05, 4.69) is 123 Å². The maximum atomic E-state index is 9.39. The highest BCUT2D eigenvalue weighted by Gasteiger charge is 2.13. The standard InChI is InChI=1S/C26H29NO.C18H18O2/c1-4-25(21-11-7-5-8-12-21)26(22-13-9-6-10-14-22)23-15-17-24(18-16-23)28-20-19-27(2)3;1-3-17(13-5-9-15(19)10-6-13)18(4-2)14-7-11-16(20)12-8-14/h5-18H,4,19-20H2,1-3H3;3-12,19-20H,1-2H3/b26-25-;17-3+,18-4+. The Morgan fingerprint density at radius 2 is 0.979 bits per heavy atom. The van der Waals surface area contributed by atoms with E-state index in [1.54, 1.807) is 24.3 Å². The van der Waals surface area contributed by atoms with Gasteiger partial charge >= 0.3 is 0 Å². The van der Waals surface area contributed by atoms with Crippen LogP contribution in [0.15, 0.2) is 146 Å². The Balaban J connectivity index is 0.000000229. The molecule has 0 saturated carbocycles. The molecule has 0 heterocycles. The SMILES string of the molecule is C/C=C(/C(=C/C)c1ccc(O)cc1)c1ccc(O)cc1.CC/C(=C(\c1ccccc1)c1ccc(OCCN(C)C)cc1)c1ccccc1. The molecule has 246 valence electrons. The smallest absolute Gasteiger partial charge is 0.119 e. The largest absolute Gasteiger partial charge is 0.508 e. The number of allylic oxidation sites excluding steroid dienone is 5. The van der Waals surface area contributed by atoms with E-state index in [0.29, 0.717) is 6.61 Å². The van der Waals surface area contributed by atoms with Crippen LogP contribution in [0.25, 0.3) is 22.3 Å². The van der Waals surface area contributed by atoms with E-state index in [4.69, 9.17) is 4.74 Å². The van der Waals surface area contributed by atoms with Gasteiger partial charge < -0.3 is 19.8 Å². The number of hydrogen-bond acceptors (Lipinski definition) is 4. The summed E-state index contributed by atoms with van der Waals surface area (Å²) in [6.07, 6.45) is 5.07. The fourth-order valence-corrected chi connectivity index (χ4v) is 5.59. The Bertz CT molecular complexity index is 1720. The van der Waals surface area contributed by atoms with E-state index >= 15 is 0 Å². The van der Waals surface area contributed by atoms with Crippen molar-refractivity contribution < 1.29 is 14.9 Å². The number of hydrogen-bond donors (Lipinski definition) is 2. The van der Waals surface area contributed by atoms with Gasteiger partial charge in [0.25, 0.3) is 0 Å². The summed E-state index contributed by atoms with van der Waals surface area (Å²) in [6.45, 7) is 7.81. The molecular weight excluding hydrogens is 590 g/mol. The first-order valence-corrected chi connectivity index (χ1v) is 16.5. The molecule has 0 aromatic heterocycles. The van der Waals surface area contributed by atoms with E-state index in [0.717, 1.165) is 41.0 Å². The molecule has 0 aliphatic carbocycles. The Morgan fingerprint density at radius 3 is 1.40 bits per heavy atom. The zero-order chi connectivity index (χ0) is 34.3. The van der Waals surface area contributed by atoms with Gasteiger partial charge in [0.2, 0.25) is 0 Å². The third-order valence-electron chi connectivity index (χ3n) is 8.01. The van der Waals surface area contributed by atoms with E-state index in [-0.39, 0.29) is 11.5 Å². The van der Waals surface area contributed by atoms with Crippen molar-refractivity contribution in [3.8, 4) is 17.2 Å². The van der Waals surface area contributed by atoms with Crippen LogP contribution >= 0.6 is 0 Å². The first-order valence-electron chi connectivity index (χ1n) is 16.5. The second-order valence-electron chi connectivity index (χ2n) is 11.6. The zero-order valence-electron chi connectivity index (χ0n) is 28.7. The Kier molecular flexibility index (Phi) is 13.4. The maximum absolute atomic E-state index is 9.39. The lowest BCUT2D eigenvalue weighted by Gasteiger charge is -2.17. The second-order valence-corrected chi connectivity index (χ2v) is 11.6. The van der Waals surface area contributed by atoms with Gasteiger partial charge in [-0.25, -0.2) is 0 Å². The summed E-state index contributed by atoms with van der Waals surface area (Å²) in [7, 11) is 4.11. The van der Waals surface area contributed by atoms with Crippen LogP contribution in [-0.4, -0.2) is 42.4 Å². The van der Waals surface area contributed by atoms with Gasteiger partial charge in [0, 0.05) is 6.54 Å². The van der Waals surface area contributed by atoms with Gasteiger partial charge in [-0.3, -0.25) is 0 Å². The van der Waals surface area contributed by atoms with Crippen LogP contribution in [0.2, 0.25) is 0 Å². The summed E-state index contributed by atoms with van der Waals surface area (Å²) in [5, 5.41) is 18.8. The highest BCUT2D eigenvalue weighted by molar-refractivity contribution is 6.04. The van der Waals surface area contributed by atoms with Crippen LogP contribution < -0.4 is 4.74 Å². The summed E-state index contributed by atoms with van der Waals surface area (Å²) in [5.74, 6) is 1.43. The first-order chi connectivity index (χ1) is 23.3. The normalized spacial score (nSPS) is 12.2. The summed E-state index contributed by atoms with van der Waals surface area (Å²) in [4.78, 5) is 2.12. The molecule has 2 N–H and O–H groups in total. The van der Waals surface area contributed by atoms with Gasteiger partial charge in [0.15, 0.2) is 0 Å². The number of aromatic hydroxyl groups is 2. The van der Waals surface area contributed by atoms with Crippen molar-refractivity contribution in [1.82, 2.24) is 4.90 Å². The molecule has 0 amide bonds. The fraction of sp³-hybridized carbons (Fsp3) is 0.182. The molecule has 0 atom stereocenters. The number of phenols is 2. The van der Waals surface area contributed by atoms with Gasteiger partial charge in [0.05, 0.1) is 0 Å². The minimum Gasteiger partial charge on any atom is -0.508 e. The van der Waals surface area contributed by atoms with Crippen molar-refractivity contribution >= 4 is 22.3 Å². The molecule has 4 heteroatoms. The topological polar surface area (TPSA) is 52.9 Å². The van der Waals surface area contributed by atoms with Crippen LogP contribution in [0.1, 0.15) is 55.0 Å². The second kappa shape index (κ2) is 18.1. The van der Waals surface area contributed by atoms with E-state index in [9.17, 15) is 10.2 Å². The lowest BCUT2D eigenvalue weighted by Crippen LogP contribution is -2.19. The molecule has 48 heavy (non-hydrogen) atoms. The number of likely N-dealkylation sites (N-methyl/N-ethyl adjacent to an activating group) is 1. The van der Waals surface area contributed by atoms with Crippen LogP contribution in [0, 0.1) is 0 Å². The third kappa shape index (κ3) is 9.84. The van der Waals surface area contributed by atoms with Crippen LogP contribution in [0.5, 0.6) is 17.2 Å². The van der Waals surface area contributed by atoms with E-state index < -0.39 is 0 Å². The summed E-state index contributed by atoms with van der Waals surface area (Å²) < 4.78 is 5.87. The maximum Gasteiger partial charge on any atom is 0.119 e. The highest BCUT2D eigenvalue weighted by Crippen LogP contribution is 2.35. The number of benzene rings is 5. The molecule has 5 aromatic rings. The lowest BCUT2D eigenvalue weighted by atomic mass is 9.88. The number of rotatable bonds is 11. The number of nitrogens with zero attached hydrogens (tertiary/aromatic N) is 1. The lowest BCUT2D eigenvalue weighted by molar-refractivity contribution is 0.261. The van der Waals surface area contributed by atoms with Gasteiger partial charge in [0.1, 0.15) is 23.9 Å². The van der Waals surface area contributed by atoms with Crippen molar-refractivity contribution in [2.24, 2.45) is 0 Å². The Labute approximate surface area is 286 Å². The van der Waals surface area contributed by atoms with Crippen molar-refractivity contribution in [2.45, 2.75) is 27.2 Å². The molecule has 5 rings (SSSR count). The zero-order valence-corrected chi connectivity index (χ0v) is 28.7. The molecule has 4 nitrogen and oxygen atoms in total. The average molecular weight is 638 g/mol. The van der Waals surface area contributed by atoms with Gasteiger partial charge in [-0.15, -0.1) is 0 Å². The molecule has 0 aliphatic heterocycles. The molecule has 5 aromatic carbocycles. The molecule has 0 radical (unpaired) electrons. The monoisotopic (exact) mass is 637 g/mol. The van der Waals surface area contributed by atoms with Crippen LogP contribution in [-0.2, 0) is 0 Å². The molecule has 0 saturated heterocycles. The Hall–Kier alpha value is -5.32. The minimum atomic E-state index is 0.260. The van der Waals surface area contributed by atoms with Gasteiger partial charge in [-0.1, -0.05) is 116 Å². The molecular formula is C44H47NO3. The predicted octanol–water partition coefficient (Wildman–Crippen LogP) is 10.6. The number of ether oxygens (including phenoxy) is 1. The number of phenolic OH excluding ortho intramolecular Hbond substituents is 2. The van der Waals surface area contributed by atoms with Crippen LogP contribution in [0.4, 0.5) is 0 Å². The molecule has 0 unspecified atom stereocenters. The molecule has 0 fully saturated rings. The van der Waals surface area contributed by atoms with Crippen molar-refractivity contribution in [3.63, 3.8) is 0 Å². The third-order valence-corrected chi connectivity index (χ3v) is 8.01. The predicted molar refractivity (Wildman–Crippen MR) is 203 cm³/mol. The van der Waals surface area contributed by atoms with Gasteiger partial charge in [-0.05, 0) is 121 Å². The summed E-state index contributed by atoms with van der Waals surface area (Å²) in [6, 6.07) is 44.1. The van der Waals surface area contributed by atoms with Crippen molar-refractivity contribution in [3.05, 3.63) is 173 Å².